The van der Waals surface area contributed by atoms with Gasteiger partial charge in [0.15, 0.2) is 6.10 Å². The summed E-state index contributed by atoms with van der Waals surface area (Å²) in [7, 11) is 0. The van der Waals surface area contributed by atoms with E-state index in [4.69, 9.17) is 16.3 Å². The number of amides is 2. The van der Waals surface area contributed by atoms with Gasteiger partial charge in [-0.3, -0.25) is 14.5 Å². The Morgan fingerprint density at radius 1 is 1.25 bits per heavy atom. The molecule has 1 heterocycles. The van der Waals surface area contributed by atoms with E-state index < -0.39 is 6.10 Å². The zero-order valence-electron chi connectivity index (χ0n) is 13.4. The second-order valence-corrected chi connectivity index (χ2v) is 6.02. The highest BCUT2D eigenvalue weighted by Gasteiger charge is 2.32. The molecule has 1 atom stereocenters. The highest BCUT2D eigenvalue weighted by molar-refractivity contribution is 6.31. The summed E-state index contributed by atoms with van der Waals surface area (Å²) in [5.41, 5.74) is 2.02. The van der Waals surface area contributed by atoms with E-state index >= 15 is 0 Å². The van der Waals surface area contributed by atoms with Crippen LogP contribution in [0.3, 0.4) is 0 Å². The van der Waals surface area contributed by atoms with Crippen LogP contribution in [0.15, 0.2) is 42.5 Å². The van der Waals surface area contributed by atoms with Gasteiger partial charge in [-0.1, -0.05) is 29.8 Å². The summed E-state index contributed by atoms with van der Waals surface area (Å²) in [5.74, 6) is 0.0561. The van der Waals surface area contributed by atoms with E-state index in [-0.39, 0.29) is 18.4 Å². The number of hydrogen-bond donors (Lipinski definition) is 1. The molecule has 2 amide bonds. The van der Waals surface area contributed by atoms with Gasteiger partial charge in [-0.25, -0.2) is 0 Å². The van der Waals surface area contributed by atoms with E-state index in [0.29, 0.717) is 22.1 Å². The SMILES string of the molecule is Cc1c(Cl)cccc1NC(=O)CN1C(=O)C(C)Oc2ccccc21. The molecule has 0 spiro atoms. The van der Waals surface area contributed by atoms with Crippen LogP contribution in [0.2, 0.25) is 5.02 Å². The molecule has 5 nitrogen and oxygen atoms in total. The predicted molar refractivity (Wildman–Crippen MR) is 93.7 cm³/mol. The lowest BCUT2D eigenvalue weighted by Crippen LogP contribution is -2.47. The van der Waals surface area contributed by atoms with Crippen LogP contribution in [0.25, 0.3) is 0 Å². The number of nitrogens with zero attached hydrogens (tertiary/aromatic N) is 1. The fraction of sp³-hybridized carbons (Fsp3) is 0.222. The zero-order chi connectivity index (χ0) is 17.3. The quantitative estimate of drug-likeness (QED) is 0.928. The van der Waals surface area contributed by atoms with E-state index in [1.54, 1.807) is 43.3 Å². The van der Waals surface area contributed by atoms with E-state index in [2.05, 4.69) is 5.32 Å². The number of anilines is 2. The van der Waals surface area contributed by atoms with Crippen molar-refractivity contribution in [3.05, 3.63) is 53.1 Å². The monoisotopic (exact) mass is 344 g/mol. The number of hydrogen-bond acceptors (Lipinski definition) is 3. The molecule has 124 valence electrons. The molecule has 1 aliphatic rings. The third-order valence-electron chi connectivity index (χ3n) is 3.92. The topological polar surface area (TPSA) is 58.6 Å². The van der Waals surface area contributed by atoms with Crippen LogP contribution in [0, 0.1) is 6.92 Å². The van der Waals surface area contributed by atoms with Gasteiger partial charge in [-0.05, 0) is 43.7 Å². The Bertz CT molecular complexity index is 807. The van der Waals surface area contributed by atoms with Crippen molar-refractivity contribution >= 4 is 34.8 Å². The minimum atomic E-state index is -0.624. The lowest BCUT2D eigenvalue weighted by atomic mass is 10.1. The lowest BCUT2D eigenvalue weighted by molar-refractivity contribution is -0.127. The maximum atomic E-state index is 12.4. The van der Waals surface area contributed by atoms with Crippen LogP contribution in [0.1, 0.15) is 12.5 Å². The Balaban J connectivity index is 1.81. The molecule has 1 N–H and O–H groups in total. The number of benzene rings is 2. The number of ether oxygens (including phenoxy) is 1. The molecule has 0 saturated carbocycles. The van der Waals surface area contributed by atoms with Crippen LogP contribution in [-0.4, -0.2) is 24.5 Å². The van der Waals surface area contributed by atoms with Crippen LogP contribution in [0.4, 0.5) is 11.4 Å². The number of carbonyl (C=O) groups excluding carboxylic acids is 2. The van der Waals surface area contributed by atoms with E-state index in [0.717, 1.165) is 5.56 Å². The number of rotatable bonds is 3. The Hall–Kier alpha value is -2.53. The minimum absolute atomic E-state index is 0.0878. The lowest BCUT2D eigenvalue weighted by Gasteiger charge is -2.32. The maximum Gasteiger partial charge on any atom is 0.268 e. The van der Waals surface area contributed by atoms with Gasteiger partial charge in [0, 0.05) is 10.7 Å². The van der Waals surface area contributed by atoms with Crippen LogP contribution >= 0.6 is 11.6 Å². The van der Waals surface area contributed by atoms with E-state index in [1.807, 2.05) is 13.0 Å². The van der Waals surface area contributed by atoms with Crippen molar-refractivity contribution in [3.8, 4) is 5.75 Å². The molecule has 1 aliphatic heterocycles. The van der Waals surface area contributed by atoms with E-state index in [9.17, 15) is 9.59 Å². The van der Waals surface area contributed by atoms with Gasteiger partial charge in [0.1, 0.15) is 12.3 Å². The fourth-order valence-corrected chi connectivity index (χ4v) is 2.77. The van der Waals surface area contributed by atoms with Crippen molar-refractivity contribution < 1.29 is 14.3 Å². The summed E-state index contributed by atoms with van der Waals surface area (Å²) >= 11 is 6.07. The molecule has 0 fully saturated rings. The first kappa shape index (κ1) is 16.3. The number of halogens is 1. The number of carbonyl (C=O) groups is 2. The summed E-state index contributed by atoms with van der Waals surface area (Å²) in [5, 5.41) is 3.38. The van der Waals surface area contributed by atoms with Crippen LogP contribution in [-0.2, 0) is 9.59 Å². The summed E-state index contributed by atoms with van der Waals surface area (Å²) < 4.78 is 5.57. The van der Waals surface area contributed by atoms with Crippen LogP contribution in [0.5, 0.6) is 5.75 Å². The Morgan fingerprint density at radius 3 is 2.79 bits per heavy atom. The first-order chi connectivity index (χ1) is 11.5. The molecule has 2 aromatic carbocycles. The number of para-hydroxylation sites is 2. The van der Waals surface area contributed by atoms with Crippen molar-refractivity contribution in [2.75, 3.05) is 16.8 Å². The molecule has 0 aliphatic carbocycles. The molecule has 0 aromatic heterocycles. The molecule has 0 bridgehead atoms. The van der Waals surface area contributed by atoms with Gasteiger partial charge in [0.2, 0.25) is 5.91 Å². The van der Waals surface area contributed by atoms with Gasteiger partial charge in [-0.15, -0.1) is 0 Å². The smallest absolute Gasteiger partial charge is 0.268 e. The predicted octanol–water partition coefficient (Wildman–Crippen LogP) is 3.40. The number of fused-ring (bicyclic) bond motifs is 1. The van der Waals surface area contributed by atoms with Crippen molar-refractivity contribution in [3.63, 3.8) is 0 Å². The highest BCUT2D eigenvalue weighted by Crippen LogP contribution is 2.33. The van der Waals surface area contributed by atoms with Crippen molar-refractivity contribution in [1.29, 1.82) is 0 Å². The van der Waals surface area contributed by atoms with Crippen LogP contribution < -0.4 is 15.0 Å². The van der Waals surface area contributed by atoms with E-state index in [1.165, 1.54) is 4.90 Å². The van der Waals surface area contributed by atoms with Gasteiger partial charge >= 0.3 is 0 Å². The Kier molecular flexibility index (Phi) is 4.44. The van der Waals surface area contributed by atoms with Crippen molar-refractivity contribution in [2.45, 2.75) is 20.0 Å². The Morgan fingerprint density at radius 2 is 2.00 bits per heavy atom. The fourth-order valence-electron chi connectivity index (χ4n) is 2.60. The minimum Gasteiger partial charge on any atom is -0.479 e. The van der Waals surface area contributed by atoms with Gasteiger partial charge < -0.3 is 10.1 Å². The molecule has 2 aromatic rings. The summed E-state index contributed by atoms with van der Waals surface area (Å²) in [6.07, 6.45) is -0.624. The molecule has 1 unspecified atom stereocenters. The Labute approximate surface area is 145 Å². The highest BCUT2D eigenvalue weighted by atomic mass is 35.5. The standard InChI is InChI=1S/C18H17ClN2O3/c1-11-13(19)6-5-7-14(11)20-17(22)10-21-15-8-3-4-9-16(15)24-12(2)18(21)23/h3-9,12H,10H2,1-2H3,(H,20,22). The second-order valence-electron chi connectivity index (χ2n) is 5.61. The van der Waals surface area contributed by atoms with Gasteiger partial charge in [-0.2, -0.15) is 0 Å². The largest absolute Gasteiger partial charge is 0.479 e. The molecule has 24 heavy (non-hydrogen) atoms. The average molecular weight is 345 g/mol. The van der Waals surface area contributed by atoms with Gasteiger partial charge in [0.05, 0.1) is 5.69 Å². The van der Waals surface area contributed by atoms with Crippen molar-refractivity contribution in [2.24, 2.45) is 0 Å². The summed E-state index contributed by atoms with van der Waals surface area (Å²) in [4.78, 5) is 26.3. The summed E-state index contributed by atoms with van der Waals surface area (Å²) in [6, 6.07) is 12.5. The first-order valence-corrected chi connectivity index (χ1v) is 7.97. The molecular formula is C18H17ClN2O3. The number of nitrogens with one attached hydrogen (secondary N) is 1. The normalized spacial score (nSPS) is 16.4. The molecular weight excluding hydrogens is 328 g/mol. The van der Waals surface area contributed by atoms with Crippen molar-refractivity contribution in [1.82, 2.24) is 0 Å². The van der Waals surface area contributed by atoms with Gasteiger partial charge in [0.25, 0.3) is 5.91 Å². The molecule has 3 rings (SSSR count). The first-order valence-electron chi connectivity index (χ1n) is 7.59. The zero-order valence-corrected chi connectivity index (χ0v) is 14.1. The molecule has 0 radical (unpaired) electrons. The average Bonchev–Trinajstić information content (AvgIpc) is 2.56. The molecule has 0 saturated heterocycles. The maximum absolute atomic E-state index is 12.4. The second kappa shape index (κ2) is 6.53. The third-order valence-corrected chi connectivity index (χ3v) is 4.33. The molecule has 6 heteroatoms. The third kappa shape index (κ3) is 3.08. The summed E-state index contributed by atoms with van der Waals surface area (Å²) in [6.45, 7) is 3.41.